The molecule has 1 N–H and O–H groups in total. The zero-order valence-electron chi connectivity index (χ0n) is 11.1. The number of rotatable bonds is 4. The summed E-state index contributed by atoms with van der Waals surface area (Å²) in [6.45, 7) is 3.26. The lowest BCUT2D eigenvalue weighted by Crippen LogP contribution is -2.40. The molecule has 4 nitrogen and oxygen atoms in total. The number of nitrogens with zero attached hydrogens (tertiary/aromatic N) is 2. The number of aromatic nitrogens is 1. The molecule has 102 valence electrons. The Bertz CT molecular complexity index is 501. The van der Waals surface area contributed by atoms with Crippen LogP contribution < -0.4 is 5.32 Å². The highest BCUT2D eigenvalue weighted by Gasteiger charge is 2.18. The molecule has 3 heterocycles. The lowest BCUT2D eigenvalue weighted by molar-refractivity contribution is 0.193. The zero-order valence-corrected chi connectivity index (χ0v) is 11.9. The van der Waals surface area contributed by atoms with Gasteiger partial charge in [0.2, 0.25) is 0 Å². The lowest BCUT2D eigenvalue weighted by Gasteiger charge is -2.31. The molecule has 0 spiro atoms. The van der Waals surface area contributed by atoms with E-state index in [-0.39, 0.29) is 0 Å². The molecule has 1 aliphatic heterocycles. The van der Waals surface area contributed by atoms with Crippen LogP contribution in [-0.4, -0.2) is 36.1 Å². The van der Waals surface area contributed by atoms with Crippen molar-refractivity contribution in [1.82, 2.24) is 15.2 Å². The van der Waals surface area contributed by atoms with E-state index in [1.54, 1.807) is 17.6 Å². The zero-order chi connectivity index (χ0) is 13.1. The van der Waals surface area contributed by atoms with E-state index in [1.165, 1.54) is 12.8 Å². The molecule has 1 fully saturated rings. The lowest BCUT2D eigenvalue weighted by atomic mass is 10.1. The van der Waals surface area contributed by atoms with Gasteiger partial charge in [0, 0.05) is 31.1 Å². The maximum atomic E-state index is 5.38. The van der Waals surface area contributed by atoms with Gasteiger partial charge in [-0.25, -0.2) is 4.98 Å². The molecule has 0 aromatic carbocycles. The van der Waals surface area contributed by atoms with Crippen molar-refractivity contribution in [2.45, 2.75) is 25.4 Å². The van der Waals surface area contributed by atoms with E-state index >= 15 is 0 Å². The van der Waals surface area contributed by atoms with Crippen LogP contribution in [0.15, 0.2) is 28.2 Å². The van der Waals surface area contributed by atoms with Crippen LogP contribution in [0.25, 0.3) is 10.8 Å². The molecule has 2 aromatic rings. The summed E-state index contributed by atoms with van der Waals surface area (Å²) in [5.41, 5.74) is 1.15. The third-order valence-electron chi connectivity index (χ3n) is 3.67. The molecular weight excluding hydrogens is 258 g/mol. The summed E-state index contributed by atoms with van der Waals surface area (Å²) in [7, 11) is 2.05. The van der Waals surface area contributed by atoms with Gasteiger partial charge >= 0.3 is 0 Å². The van der Waals surface area contributed by atoms with Crippen LogP contribution in [0, 0.1) is 0 Å². The Morgan fingerprint density at radius 1 is 1.47 bits per heavy atom. The summed E-state index contributed by atoms with van der Waals surface area (Å²) in [5.74, 6) is 0.866. The molecule has 19 heavy (non-hydrogen) atoms. The summed E-state index contributed by atoms with van der Waals surface area (Å²) in [6, 6.07) is 4.55. The van der Waals surface area contributed by atoms with E-state index < -0.39 is 0 Å². The predicted molar refractivity (Wildman–Crippen MR) is 77.2 cm³/mol. The molecule has 0 amide bonds. The normalized spacial score (nSPS) is 17.9. The van der Waals surface area contributed by atoms with Crippen LogP contribution in [0.1, 0.15) is 18.5 Å². The second-order valence-corrected chi connectivity index (χ2v) is 5.82. The van der Waals surface area contributed by atoms with Gasteiger partial charge in [0.1, 0.15) is 0 Å². The van der Waals surface area contributed by atoms with Gasteiger partial charge in [-0.15, -0.1) is 11.3 Å². The molecule has 1 saturated heterocycles. The van der Waals surface area contributed by atoms with Crippen molar-refractivity contribution < 1.29 is 4.42 Å². The molecular formula is C14H19N3OS. The average Bonchev–Trinajstić information content (AvgIpc) is 3.10. The Morgan fingerprint density at radius 2 is 2.32 bits per heavy atom. The van der Waals surface area contributed by atoms with Crippen LogP contribution in [-0.2, 0) is 6.54 Å². The molecule has 0 bridgehead atoms. The smallest absolute Gasteiger partial charge is 0.162 e. The standard InChI is InChI=1S/C14H19N3OS/c1-15-11-4-6-17(7-5-11)9-12-10-19-14(16-12)13-3-2-8-18-13/h2-3,8,10-11,15H,4-7,9H2,1H3. The molecule has 0 atom stereocenters. The third-order valence-corrected chi connectivity index (χ3v) is 4.57. The van der Waals surface area contributed by atoms with E-state index in [0.717, 1.165) is 36.1 Å². The number of nitrogens with one attached hydrogen (secondary N) is 1. The van der Waals surface area contributed by atoms with Gasteiger partial charge in [-0.1, -0.05) is 0 Å². The molecule has 0 aliphatic carbocycles. The van der Waals surface area contributed by atoms with Gasteiger partial charge in [-0.3, -0.25) is 4.90 Å². The Hall–Kier alpha value is -1.17. The number of hydrogen-bond acceptors (Lipinski definition) is 5. The van der Waals surface area contributed by atoms with E-state index in [4.69, 9.17) is 4.42 Å². The first kappa shape index (κ1) is 12.8. The van der Waals surface area contributed by atoms with Crippen LogP contribution in [0.2, 0.25) is 0 Å². The average molecular weight is 277 g/mol. The fourth-order valence-electron chi connectivity index (χ4n) is 2.50. The first-order valence-corrected chi connectivity index (χ1v) is 7.61. The highest BCUT2D eigenvalue weighted by molar-refractivity contribution is 7.13. The second kappa shape index (κ2) is 5.86. The Labute approximate surface area is 117 Å². The maximum Gasteiger partial charge on any atom is 0.162 e. The monoisotopic (exact) mass is 277 g/mol. The van der Waals surface area contributed by atoms with Crippen LogP contribution >= 0.6 is 11.3 Å². The molecule has 5 heteroatoms. The minimum Gasteiger partial charge on any atom is -0.462 e. The van der Waals surface area contributed by atoms with Gasteiger partial charge in [-0.2, -0.15) is 0 Å². The highest BCUT2D eigenvalue weighted by Crippen LogP contribution is 2.25. The van der Waals surface area contributed by atoms with Crippen molar-refractivity contribution in [2.24, 2.45) is 0 Å². The number of furan rings is 1. The maximum absolute atomic E-state index is 5.38. The van der Waals surface area contributed by atoms with E-state index in [9.17, 15) is 0 Å². The van der Waals surface area contributed by atoms with E-state index in [0.29, 0.717) is 6.04 Å². The topological polar surface area (TPSA) is 41.3 Å². The number of thiazole rings is 1. The summed E-state index contributed by atoms with van der Waals surface area (Å²) in [4.78, 5) is 7.13. The Morgan fingerprint density at radius 3 is 3.00 bits per heavy atom. The summed E-state index contributed by atoms with van der Waals surface area (Å²) in [5, 5.41) is 6.48. The molecule has 0 saturated carbocycles. The third kappa shape index (κ3) is 3.05. The fourth-order valence-corrected chi connectivity index (χ4v) is 3.28. The summed E-state index contributed by atoms with van der Waals surface area (Å²) < 4.78 is 5.38. The van der Waals surface area contributed by atoms with Crippen molar-refractivity contribution in [3.63, 3.8) is 0 Å². The van der Waals surface area contributed by atoms with Crippen molar-refractivity contribution in [3.8, 4) is 10.8 Å². The van der Waals surface area contributed by atoms with Gasteiger partial charge < -0.3 is 9.73 Å². The summed E-state index contributed by atoms with van der Waals surface area (Å²) >= 11 is 1.66. The molecule has 1 aliphatic rings. The largest absolute Gasteiger partial charge is 0.462 e. The van der Waals surface area contributed by atoms with Gasteiger partial charge in [0.15, 0.2) is 10.8 Å². The van der Waals surface area contributed by atoms with Crippen molar-refractivity contribution >= 4 is 11.3 Å². The van der Waals surface area contributed by atoms with Gasteiger partial charge in [-0.05, 0) is 32.0 Å². The van der Waals surface area contributed by atoms with Crippen LogP contribution in [0.4, 0.5) is 0 Å². The summed E-state index contributed by atoms with van der Waals surface area (Å²) in [6.07, 6.45) is 4.15. The molecule has 0 unspecified atom stereocenters. The number of likely N-dealkylation sites (tertiary alicyclic amines) is 1. The van der Waals surface area contributed by atoms with Crippen molar-refractivity contribution in [2.75, 3.05) is 20.1 Å². The van der Waals surface area contributed by atoms with E-state index in [2.05, 4.69) is 27.6 Å². The minimum atomic E-state index is 0.686. The van der Waals surface area contributed by atoms with Crippen LogP contribution in [0.5, 0.6) is 0 Å². The Kier molecular flexibility index (Phi) is 3.96. The molecule has 0 radical (unpaired) electrons. The predicted octanol–water partition coefficient (Wildman–Crippen LogP) is 2.59. The molecule has 2 aromatic heterocycles. The quantitative estimate of drug-likeness (QED) is 0.932. The fraction of sp³-hybridized carbons (Fsp3) is 0.500. The SMILES string of the molecule is CNC1CCN(Cc2csc(-c3ccco3)n2)CC1. The van der Waals surface area contributed by atoms with Gasteiger partial charge in [0.25, 0.3) is 0 Å². The molecule has 3 rings (SSSR count). The van der Waals surface area contributed by atoms with Crippen molar-refractivity contribution in [1.29, 1.82) is 0 Å². The van der Waals surface area contributed by atoms with Crippen molar-refractivity contribution in [3.05, 3.63) is 29.5 Å². The number of piperidine rings is 1. The second-order valence-electron chi connectivity index (χ2n) is 4.96. The van der Waals surface area contributed by atoms with Crippen LogP contribution in [0.3, 0.4) is 0 Å². The van der Waals surface area contributed by atoms with E-state index in [1.807, 2.05) is 12.1 Å². The first-order chi connectivity index (χ1) is 9.35. The Balaban J connectivity index is 1.59. The first-order valence-electron chi connectivity index (χ1n) is 6.73. The van der Waals surface area contributed by atoms with Gasteiger partial charge in [0.05, 0.1) is 12.0 Å². The number of hydrogen-bond donors (Lipinski definition) is 1. The minimum absolute atomic E-state index is 0.686. The highest BCUT2D eigenvalue weighted by atomic mass is 32.1.